The summed E-state index contributed by atoms with van der Waals surface area (Å²) in [4.78, 5) is 0. The molecule has 3 heteroatoms. The Kier molecular flexibility index (Phi) is 2.02. The van der Waals surface area contributed by atoms with Crippen molar-refractivity contribution in [3.8, 4) is 0 Å². The van der Waals surface area contributed by atoms with E-state index in [2.05, 4.69) is 23.2 Å². The summed E-state index contributed by atoms with van der Waals surface area (Å²) in [6, 6.07) is 0. The summed E-state index contributed by atoms with van der Waals surface area (Å²) in [5.74, 6) is 0. The zero-order valence-electron chi connectivity index (χ0n) is 1.63. The third-order valence-corrected chi connectivity index (χ3v) is 0. The molecule has 0 aromatic carbocycles. The maximum Gasteiger partial charge on any atom is 0.320 e. The second-order valence-electron chi connectivity index (χ2n) is 0.214. The summed E-state index contributed by atoms with van der Waals surface area (Å²) in [5.41, 5.74) is 0. The molecule has 1 radical (unpaired) electrons. The highest BCUT2D eigenvalue weighted by Crippen LogP contribution is 2.10. The van der Waals surface area contributed by atoms with E-state index in [0.29, 0.717) is 0 Å². The minimum atomic E-state index is -1.14. The predicted molar refractivity (Wildman–Crippen MR) is 16.1 cm³/mol. The molecule has 0 aromatic rings. The Morgan fingerprint density at radius 3 is 1.50 bits per heavy atom. The summed E-state index contributed by atoms with van der Waals surface area (Å²) in [6.45, 7) is 0. The van der Waals surface area contributed by atoms with Crippen molar-refractivity contribution in [3.63, 3.8) is 0 Å². The van der Waals surface area contributed by atoms with Crippen molar-refractivity contribution in [2.24, 2.45) is 0 Å². The normalized spacial score (nSPS) is 9.00. The van der Waals surface area contributed by atoms with E-state index >= 15 is 0 Å². The van der Waals surface area contributed by atoms with Crippen molar-refractivity contribution in [2.45, 2.75) is 0 Å². The van der Waals surface area contributed by atoms with Gasteiger partial charge in [0.25, 0.3) is 0 Å². The Morgan fingerprint density at radius 1 is 1.50 bits per heavy atom. The van der Waals surface area contributed by atoms with Crippen LogP contribution in [-0.4, -0.2) is 0 Å². The third-order valence-electron chi connectivity index (χ3n) is 0. The molecule has 4 heavy (non-hydrogen) atoms. The van der Waals surface area contributed by atoms with Crippen molar-refractivity contribution < 1.29 is 4.39 Å². The topological polar surface area (TPSA) is 0 Å². The van der Waals surface area contributed by atoms with Gasteiger partial charge in [-0.3, -0.25) is 0 Å². The Hall–Kier alpha value is 0.510. The van der Waals surface area contributed by atoms with Gasteiger partial charge in [0.1, 0.15) is 0 Å². The van der Waals surface area contributed by atoms with Crippen LogP contribution in [0.1, 0.15) is 0 Å². The van der Waals surface area contributed by atoms with Gasteiger partial charge in [-0.15, -0.1) is 0 Å². The Balaban J connectivity index is 2.32. The van der Waals surface area contributed by atoms with Crippen LogP contribution in [0.2, 0.25) is 0 Å². The quantitative estimate of drug-likeness (QED) is 0.438. The van der Waals surface area contributed by atoms with Gasteiger partial charge in [0.2, 0.25) is 0 Å². The SMILES string of the molecule is F[C](Cl)Cl. The molecule has 0 aromatic heterocycles. The Morgan fingerprint density at radius 2 is 1.50 bits per heavy atom. The molecule has 0 saturated heterocycles. The summed E-state index contributed by atoms with van der Waals surface area (Å²) in [7, 11) is 0. The van der Waals surface area contributed by atoms with Crippen LogP contribution < -0.4 is 0 Å². The lowest BCUT2D eigenvalue weighted by atomic mass is 11.8. The molecular formula is CCl2F. The average molecular weight is 102 g/mol. The van der Waals surface area contributed by atoms with Gasteiger partial charge in [-0.05, 0) is 0 Å². The van der Waals surface area contributed by atoms with Crippen LogP contribution >= 0.6 is 23.2 Å². The lowest BCUT2D eigenvalue weighted by Crippen LogP contribution is -1.41. The highest BCUT2D eigenvalue weighted by Gasteiger charge is 1.85. The summed E-state index contributed by atoms with van der Waals surface area (Å²) >= 11 is 8.58. The first-order chi connectivity index (χ1) is 1.73. The fourth-order valence-electron chi connectivity index (χ4n) is 0. The molecule has 0 saturated carbocycles. The average Bonchev–Trinajstić information content (AvgIpc) is 0.811. The molecule has 0 heterocycles. The molecule has 0 rings (SSSR count). The maximum absolute atomic E-state index is 10.4. The second kappa shape index (κ2) is 1.79. The van der Waals surface area contributed by atoms with Crippen molar-refractivity contribution in [1.29, 1.82) is 0 Å². The van der Waals surface area contributed by atoms with E-state index in [4.69, 9.17) is 0 Å². The molecule has 0 atom stereocenters. The molecule has 0 amide bonds. The van der Waals surface area contributed by atoms with Gasteiger partial charge in [0.15, 0.2) is 0 Å². The van der Waals surface area contributed by atoms with Gasteiger partial charge in [-0.1, -0.05) is 23.2 Å². The fourth-order valence-corrected chi connectivity index (χ4v) is 0. The van der Waals surface area contributed by atoms with E-state index in [0.717, 1.165) is 0 Å². The van der Waals surface area contributed by atoms with Gasteiger partial charge < -0.3 is 0 Å². The van der Waals surface area contributed by atoms with Crippen LogP contribution in [0.4, 0.5) is 4.39 Å². The Labute approximate surface area is 33.5 Å². The number of hydrogen-bond acceptors (Lipinski definition) is 0. The fraction of sp³-hybridized carbons (Fsp3) is 0. The predicted octanol–water partition coefficient (Wildman–Crippen LogP) is 1.88. The lowest BCUT2D eigenvalue weighted by molar-refractivity contribution is 0.655. The van der Waals surface area contributed by atoms with Crippen LogP contribution in [-0.2, 0) is 0 Å². The Bertz CT molecular complexity index is 10.8. The smallest absolute Gasteiger partial charge is 0.201 e. The molecule has 0 aliphatic rings. The zero-order valence-corrected chi connectivity index (χ0v) is 3.15. The van der Waals surface area contributed by atoms with Crippen LogP contribution in [0.25, 0.3) is 0 Å². The maximum atomic E-state index is 10.4. The van der Waals surface area contributed by atoms with Crippen molar-refractivity contribution >= 4 is 23.2 Å². The highest BCUT2D eigenvalue weighted by molar-refractivity contribution is 6.50. The van der Waals surface area contributed by atoms with E-state index in [1.165, 1.54) is 0 Å². The van der Waals surface area contributed by atoms with Gasteiger partial charge in [-0.25, -0.2) is 4.39 Å². The largest absolute Gasteiger partial charge is 0.320 e. The molecule has 0 aliphatic heterocycles. The molecule has 25 valence electrons. The van der Waals surface area contributed by atoms with Gasteiger partial charge in [0.05, 0.1) is 0 Å². The highest BCUT2D eigenvalue weighted by atomic mass is 35.5. The zero-order chi connectivity index (χ0) is 3.58. The molecule has 0 N–H and O–H groups in total. The van der Waals surface area contributed by atoms with Crippen LogP contribution in [0, 0.1) is 5.09 Å². The second-order valence-corrected chi connectivity index (χ2v) is 1.07. The monoisotopic (exact) mass is 101 g/mol. The first kappa shape index (κ1) is 4.51. The molecule has 0 nitrogen and oxygen atoms in total. The molecule has 0 bridgehead atoms. The number of hydrogen-bond donors (Lipinski definition) is 0. The third kappa shape index (κ3) is 22.0. The van der Waals surface area contributed by atoms with Crippen LogP contribution in [0.5, 0.6) is 0 Å². The molecule has 0 aliphatic carbocycles. The molecule has 0 spiro atoms. The number of halogens is 3. The minimum Gasteiger partial charge on any atom is -0.201 e. The van der Waals surface area contributed by atoms with E-state index < -0.39 is 5.09 Å². The van der Waals surface area contributed by atoms with E-state index in [-0.39, 0.29) is 0 Å². The first-order valence-electron chi connectivity index (χ1n) is 0.567. The van der Waals surface area contributed by atoms with Crippen molar-refractivity contribution in [1.82, 2.24) is 0 Å². The van der Waals surface area contributed by atoms with E-state index in [9.17, 15) is 4.39 Å². The first-order valence-corrected chi connectivity index (χ1v) is 1.32. The summed E-state index contributed by atoms with van der Waals surface area (Å²) < 4.78 is 10.4. The molecule has 0 unspecified atom stereocenters. The van der Waals surface area contributed by atoms with Crippen molar-refractivity contribution in [3.05, 3.63) is 5.09 Å². The molecule has 0 fully saturated rings. The van der Waals surface area contributed by atoms with Crippen molar-refractivity contribution in [2.75, 3.05) is 0 Å². The molecular weight excluding hydrogens is 102 g/mol. The van der Waals surface area contributed by atoms with Gasteiger partial charge in [-0.2, -0.15) is 0 Å². The standard InChI is InChI=1S/CCl2F/c2-1(3)4. The minimum absolute atomic E-state index is 1.14. The van der Waals surface area contributed by atoms with Gasteiger partial charge >= 0.3 is 5.09 Å². The number of rotatable bonds is 0. The van der Waals surface area contributed by atoms with Gasteiger partial charge in [0, 0.05) is 0 Å². The van der Waals surface area contributed by atoms with Crippen LogP contribution in [0.15, 0.2) is 0 Å². The summed E-state index contributed by atoms with van der Waals surface area (Å²) in [5, 5.41) is -1.14. The van der Waals surface area contributed by atoms with E-state index in [1.54, 1.807) is 0 Å². The van der Waals surface area contributed by atoms with Crippen LogP contribution in [0.3, 0.4) is 0 Å². The summed E-state index contributed by atoms with van der Waals surface area (Å²) in [6.07, 6.45) is 0. The van der Waals surface area contributed by atoms with E-state index in [1.807, 2.05) is 0 Å². The lowest BCUT2D eigenvalue weighted by Gasteiger charge is -1.64.